The van der Waals surface area contributed by atoms with Crippen molar-refractivity contribution >= 4 is 21.9 Å². The van der Waals surface area contributed by atoms with E-state index >= 15 is 0 Å². The molecular formula is C18H24N2O6S. The van der Waals surface area contributed by atoms with Crippen LogP contribution >= 0.6 is 0 Å². The maximum Gasteiger partial charge on any atom is 0.305 e. The first kappa shape index (κ1) is 19.8. The zero-order chi connectivity index (χ0) is 19.5. The molecule has 9 heteroatoms. The van der Waals surface area contributed by atoms with Gasteiger partial charge in [-0.15, -0.1) is 0 Å². The summed E-state index contributed by atoms with van der Waals surface area (Å²) in [6.07, 6.45) is 2.92. The first-order valence-corrected chi connectivity index (χ1v) is 10.5. The lowest BCUT2D eigenvalue weighted by molar-refractivity contribution is -0.138. The minimum atomic E-state index is -3.61. The summed E-state index contributed by atoms with van der Waals surface area (Å²) in [6, 6.07) is 5.76. The summed E-state index contributed by atoms with van der Waals surface area (Å²) in [5.74, 6) is -1.32. The molecule has 0 spiro atoms. The Hall–Kier alpha value is -1.97. The molecule has 3 rings (SSSR count). The molecule has 27 heavy (non-hydrogen) atoms. The van der Waals surface area contributed by atoms with Gasteiger partial charge in [-0.2, -0.15) is 4.31 Å². The summed E-state index contributed by atoms with van der Waals surface area (Å²) in [6.45, 7) is 1.35. The van der Waals surface area contributed by atoms with Crippen LogP contribution < -0.4 is 5.32 Å². The minimum Gasteiger partial charge on any atom is -0.481 e. The summed E-state index contributed by atoms with van der Waals surface area (Å²) in [7, 11) is -3.61. The number of nitrogens with zero attached hydrogens (tertiary/aromatic N) is 1. The second-order valence-corrected chi connectivity index (χ2v) is 8.99. The van der Waals surface area contributed by atoms with Crippen molar-refractivity contribution < 1.29 is 27.9 Å². The molecule has 148 valence electrons. The third kappa shape index (κ3) is 4.48. The molecule has 8 nitrogen and oxygen atoms in total. The van der Waals surface area contributed by atoms with Crippen molar-refractivity contribution in [3.63, 3.8) is 0 Å². The van der Waals surface area contributed by atoms with E-state index in [1.165, 1.54) is 28.6 Å². The number of amides is 1. The summed E-state index contributed by atoms with van der Waals surface area (Å²) < 4.78 is 31.8. The number of carboxylic acid groups (broad SMARTS) is 1. The van der Waals surface area contributed by atoms with Gasteiger partial charge in [-0.25, -0.2) is 8.42 Å². The Labute approximate surface area is 158 Å². The van der Waals surface area contributed by atoms with Crippen LogP contribution in [0, 0.1) is 0 Å². The van der Waals surface area contributed by atoms with Gasteiger partial charge in [0.1, 0.15) is 0 Å². The van der Waals surface area contributed by atoms with E-state index in [1.807, 2.05) is 0 Å². The third-order valence-electron chi connectivity index (χ3n) is 5.15. The zero-order valence-electron chi connectivity index (χ0n) is 15.0. The number of carbonyl (C=O) groups is 2. The highest BCUT2D eigenvalue weighted by Gasteiger charge is 2.37. The number of aliphatic carboxylic acids is 1. The molecule has 1 aromatic rings. The Morgan fingerprint density at radius 3 is 2.26 bits per heavy atom. The number of benzene rings is 1. The molecule has 1 aliphatic carbocycles. The number of nitrogens with one attached hydrogen (secondary N) is 1. The second kappa shape index (κ2) is 7.95. The first-order chi connectivity index (χ1) is 12.8. The summed E-state index contributed by atoms with van der Waals surface area (Å²) >= 11 is 0. The molecule has 0 atom stereocenters. The second-order valence-electron chi connectivity index (χ2n) is 7.05. The van der Waals surface area contributed by atoms with Crippen LogP contribution in [0.4, 0.5) is 0 Å². The highest BCUT2D eigenvalue weighted by molar-refractivity contribution is 7.89. The Balaban J connectivity index is 1.72. The number of hydrogen-bond acceptors (Lipinski definition) is 5. The largest absolute Gasteiger partial charge is 0.481 e. The summed E-state index contributed by atoms with van der Waals surface area (Å²) in [5.41, 5.74) is -0.408. The van der Waals surface area contributed by atoms with Crippen LogP contribution in [0.1, 0.15) is 42.5 Å². The van der Waals surface area contributed by atoms with Gasteiger partial charge in [-0.3, -0.25) is 9.59 Å². The molecular weight excluding hydrogens is 372 g/mol. The van der Waals surface area contributed by atoms with Crippen molar-refractivity contribution in [1.82, 2.24) is 9.62 Å². The smallest absolute Gasteiger partial charge is 0.305 e. The van der Waals surface area contributed by atoms with E-state index in [9.17, 15) is 18.0 Å². The molecule has 1 heterocycles. The molecule has 2 N–H and O–H groups in total. The lowest BCUT2D eigenvalue weighted by Gasteiger charge is -2.29. The molecule has 1 aliphatic heterocycles. The maximum atomic E-state index is 12.6. The van der Waals surface area contributed by atoms with Crippen molar-refractivity contribution in [1.29, 1.82) is 0 Å². The predicted molar refractivity (Wildman–Crippen MR) is 96.9 cm³/mol. The number of sulfonamides is 1. The van der Waals surface area contributed by atoms with Gasteiger partial charge in [0, 0.05) is 18.7 Å². The van der Waals surface area contributed by atoms with E-state index in [2.05, 4.69) is 5.32 Å². The Morgan fingerprint density at radius 2 is 1.70 bits per heavy atom. The van der Waals surface area contributed by atoms with Gasteiger partial charge >= 0.3 is 5.97 Å². The lowest BCUT2D eigenvalue weighted by atomic mass is 9.92. The average Bonchev–Trinajstić information content (AvgIpc) is 3.09. The van der Waals surface area contributed by atoms with Crippen LogP contribution in [0.25, 0.3) is 0 Å². The van der Waals surface area contributed by atoms with Crippen molar-refractivity contribution in [3.05, 3.63) is 29.8 Å². The van der Waals surface area contributed by atoms with Crippen LogP contribution in [0.15, 0.2) is 29.2 Å². The number of hydrogen-bond donors (Lipinski definition) is 2. The average molecular weight is 396 g/mol. The quantitative estimate of drug-likeness (QED) is 0.748. The van der Waals surface area contributed by atoms with Gasteiger partial charge in [0.2, 0.25) is 10.0 Å². The molecule has 1 saturated heterocycles. The van der Waals surface area contributed by atoms with E-state index in [0.29, 0.717) is 44.7 Å². The van der Waals surface area contributed by atoms with Crippen molar-refractivity contribution in [3.8, 4) is 0 Å². The van der Waals surface area contributed by atoms with Crippen LogP contribution in [0.2, 0.25) is 0 Å². The van der Waals surface area contributed by atoms with Gasteiger partial charge in [0.25, 0.3) is 5.91 Å². The number of ether oxygens (including phenoxy) is 1. The fourth-order valence-electron chi connectivity index (χ4n) is 3.71. The first-order valence-electron chi connectivity index (χ1n) is 9.05. The van der Waals surface area contributed by atoms with Crippen LogP contribution in [0.5, 0.6) is 0 Å². The lowest BCUT2D eigenvalue weighted by Crippen LogP contribution is -2.47. The summed E-state index contributed by atoms with van der Waals surface area (Å²) in [5, 5.41) is 12.0. The van der Waals surface area contributed by atoms with E-state index in [-0.39, 0.29) is 17.2 Å². The molecule has 1 aromatic carbocycles. The number of carboxylic acids is 1. The Kier molecular flexibility index (Phi) is 5.83. The van der Waals surface area contributed by atoms with Crippen molar-refractivity contribution in [2.45, 2.75) is 42.5 Å². The van der Waals surface area contributed by atoms with Crippen LogP contribution in [0.3, 0.4) is 0 Å². The molecule has 0 aromatic heterocycles. The monoisotopic (exact) mass is 396 g/mol. The van der Waals surface area contributed by atoms with E-state index < -0.39 is 21.5 Å². The zero-order valence-corrected chi connectivity index (χ0v) is 15.8. The van der Waals surface area contributed by atoms with Gasteiger partial charge in [0.15, 0.2) is 0 Å². The Bertz CT molecular complexity index is 794. The molecule has 2 aliphatic rings. The van der Waals surface area contributed by atoms with Gasteiger partial charge in [-0.1, -0.05) is 12.8 Å². The number of carbonyl (C=O) groups excluding carboxylic acids is 1. The molecule has 1 amide bonds. The normalized spacial score (nSPS) is 20.3. The van der Waals surface area contributed by atoms with Crippen LogP contribution in [-0.4, -0.2) is 61.5 Å². The maximum absolute atomic E-state index is 12.6. The topological polar surface area (TPSA) is 113 Å². The van der Waals surface area contributed by atoms with E-state index in [1.54, 1.807) is 0 Å². The highest BCUT2D eigenvalue weighted by atomic mass is 32.2. The van der Waals surface area contributed by atoms with Gasteiger partial charge in [-0.05, 0) is 37.1 Å². The minimum absolute atomic E-state index is 0.109. The van der Waals surface area contributed by atoms with E-state index in [4.69, 9.17) is 9.84 Å². The fraction of sp³-hybridized carbons (Fsp3) is 0.556. The third-order valence-corrected chi connectivity index (χ3v) is 7.07. The molecule has 1 saturated carbocycles. The molecule has 0 bridgehead atoms. The SMILES string of the molecule is O=C(O)CC1(NC(=O)c2ccc(S(=O)(=O)N3CCOCC3)cc2)CCCC1. The van der Waals surface area contributed by atoms with Crippen molar-refractivity contribution in [2.24, 2.45) is 0 Å². The van der Waals surface area contributed by atoms with Gasteiger partial charge in [0.05, 0.1) is 30.1 Å². The number of morpholine rings is 1. The molecule has 0 radical (unpaired) electrons. The summed E-state index contributed by atoms with van der Waals surface area (Å²) in [4.78, 5) is 23.8. The van der Waals surface area contributed by atoms with E-state index in [0.717, 1.165) is 12.8 Å². The number of rotatable bonds is 6. The van der Waals surface area contributed by atoms with Crippen LogP contribution in [-0.2, 0) is 19.6 Å². The standard InChI is InChI=1S/C18H24N2O6S/c21-16(22)13-18(7-1-2-8-18)19-17(23)14-3-5-15(6-4-14)27(24,25)20-9-11-26-12-10-20/h3-6H,1-2,7-13H2,(H,19,23)(H,21,22). The molecule has 0 unspecified atom stereocenters. The Morgan fingerprint density at radius 1 is 1.11 bits per heavy atom. The highest BCUT2D eigenvalue weighted by Crippen LogP contribution is 2.33. The predicted octanol–water partition coefficient (Wildman–Crippen LogP) is 1.22. The molecule has 2 fully saturated rings. The fourth-order valence-corrected chi connectivity index (χ4v) is 5.12. The van der Waals surface area contributed by atoms with Gasteiger partial charge < -0.3 is 15.2 Å². The van der Waals surface area contributed by atoms with Crippen molar-refractivity contribution in [2.75, 3.05) is 26.3 Å².